The van der Waals surface area contributed by atoms with E-state index in [9.17, 15) is 9.18 Å². The molecule has 1 aromatic carbocycles. The fraction of sp³-hybridized carbons (Fsp3) is 0.368. The van der Waals surface area contributed by atoms with Gasteiger partial charge in [0.1, 0.15) is 11.6 Å². The highest BCUT2D eigenvalue weighted by atomic mass is 35.5. The summed E-state index contributed by atoms with van der Waals surface area (Å²) in [5, 5.41) is 3.54. The van der Waals surface area contributed by atoms with E-state index in [0.717, 1.165) is 0 Å². The minimum Gasteiger partial charge on any atom is -0.378 e. The Morgan fingerprint density at radius 2 is 2.12 bits per heavy atom. The molecule has 0 bridgehead atoms. The van der Waals surface area contributed by atoms with Crippen molar-refractivity contribution in [3.05, 3.63) is 58.5 Å². The van der Waals surface area contributed by atoms with Crippen molar-refractivity contribution in [2.75, 3.05) is 31.6 Å². The van der Waals surface area contributed by atoms with Gasteiger partial charge in [-0.2, -0.15) is 0 Å². The number of morpholine rings is 1. The number of benzene rings is 1. The molecule has 0 radical (unpaired) electrons. The van der Waals surface area contributed by atoms with Gasteiger partial charge in [-0.05, 0) is 31.0 Å². The van der Waals surface area contributed by atoms with E-state index in [4.69, 9.17) is 16.3 Å². The molecule has 2 aromatic rings. The number of carbonyl (C=O) groups excluding carboxylic acids is 1. The molecule has 2 heterocycles. The molecule has 5 nitrogen and oxygen atoms in total. The fourth-order valence-corrected chi connectivity index (χ4v) is 3.11. The van der Waals surface area contributed by atoms with E-state index >= 15 is 0 Å². The van der Waals surface area contributed by atoms with Crippen molar-refractivity contribution in [2.45, 2.75) is 19.4 Å². The summed E-state index contributed by atoms with van der Waals surface area (Å²) in [5.74, 6) is 0.148. The Bertz CT molecular complexity index is 781. The Morgan fingerprint density at radius 1 is 1.38 bits per heavy atom. The number of amides is 1. The number of halogens is 2. The molecule has 0 saturated carbocycles. The number of aromatic nitrogens is 1. The molecular weight excluding hydrogens is 357 g/mol. The molecule has 1 aliphatic rings. The third-order valence-electron chi connectivity index (χ3n) is 4.25. The number of hydrogen-bond donors (Lipinski definition) is 1. The lowest BCUT2D eigenvalue weighted by Gasteiger charge is -2.27. The summed E-state index contributed by atoms with van der Waals surface area (Å²) in [6.45, 7) is 4.14. The third kappa shape index (κ3) is 4.51. The number of nitrogens with one attached hydrogen (secondary N) is 1. The average molecular weight is 378 g/mol. The minimum atomic E-state index is -0.230. The van der Waals surface area contributed by atoms with Crippen LogP contribution in [0, 0.1) is 5.82 Å². The average Bonchev–Trinajstić information content (AvgIpc) is 2.65. The number of nitrogens with zero attached hydrogens (tertiary/aromatic N) is 2. The van der Waals surface area contributed by atoms with Crippen molar-refractivity contribution in [1.82, 2.24) is 9.88 Å². The highest BCUT2D eigenvalue weighted by Crippen LogP contribution is 2.23. The van der Waals surface area contributed by atoms with Crippen molar-refractivity contribution in [3.63, 3.8) is 0 Å². The molecule has 7 heteroatoms. The van der Waals surface area contributed by atoms with Gasteiger partial charge in [0.05, 0.1) is 23.8 Å². The van der Waals surface area contributed by atoms with E-state index in [2.05, 4.69) is 10.3 Å². The summed E-state index contributed by atoms with van der Waals surface area (Å²) in [6.07, 6.45) is 2.01. The zero-order chi connectivity index (χ0) is 18.5. The molecule has 1 N–H and O–H groups in total. The normalized spacial score (nSPS) is 15.6. The van der Waals surface area contributed by atoms with E-state index < -0.39 is 0 Å². The quantitative estimate of drug-likeness (QED) is 0.867. The predicted molar refractivity (Wildman–Crippen MR) is 99.2 cm³/mol. The summed E-state index contributed by atoms with van der Waals surface area (Å²) in [6, 6.07) is 8.22. The van der Waals surface area contributed by atoms with Crippen molar-refractivity contribution in [2.24, 2.45) is 0 Å². The molecule has 1 saturated heterocycles. The van der Waals surface area contributed by atoms with Crippen LogP contribution in [0.3, 0.4) is 0 Å². The van der Waals surface area contributed by atoms with Gasteiger partial charge >= 0.3 is 0 Å². The second-order valence-electron chi connectivity index (χ2n) is 6.30. The van der Waals surface area contributed by atoms with Crippen LogP contribution in [0.25, 0.3) is 0 Å². The van der Waals surface area contributed by atoms with Crippen molar-refractivity contribution >= 4 is 23.3 Å². The Labute approximate surface area is 157 Å². The minimum absolute atomic E-state index is 0.0716. The van der Waals surface area contributed by atoms with Crippen LogP contribution in [0.1, 0.15) is 22.8 Å². The topological polar surface area (TPSA) is 54.5 Å². The maximum absolute atomic E-state index is 13.8. The van der Waals surface area contributed by atoms with Gasteiger partial charge in [-0.15, -0.1) is 0 Å². The zero-order valence-electron chi connectivity index (χ0n) is 14.5. The molecular formula is C19H21ClFN3O2. The number of carbonyl (C=O) groups is 1. The van der Waals surface area contributed by atoms with Crippen LogP contribution >= 0.6 is 11.6 Å². The Kier molecular flexibility index (Phi) is 6.06. The van der Waals surface area contributed by atoms with Gasteiger partial charge in [0.15, 0.2) is 0 Å². The summed E-state index contributed by atoms with van der Waals surface area (Å²) in [4.78, 5) is 18.5. The lowest BCUT2D eigenvalue weighted by Crippen LogP contribution is -2.40. The Balaban J connectivity index is 1.65. The van der Waals surface area contributed by atoms with Crippen molar-refractivity contribution < 1.29 is 13.9 Å². The molecule has 1 atom stereocenters. The first-order valence-electron chi connectivity index (χ1n) is 8.57. The maximum atomic E-state index is 13.8. The van der Waals surface area contributed by atoms with Crippen LogP contribution in [0.2, 0.25) is 5.02 Å². The van der Waals surface area contributed by atoms with Gasteiger partial charge in [-0.3, -0.25) is 4.79 Å². The first-order chi connectivity index (χ1) is 12.5. The lowest BCUT2D eigenvalue weighted by atomic mass is 10.1. The number of pyridine rings is 1. The molecule has 0 spiro atoms. The Morgan fingerprint density at radius 3 is 2.81 bits per heavy atom. The second-order valence-corrected chi connectivity index (χ2v) is 6.71. The first kappa shape index (κ1) is 18.6. The van der Waals surface area contributed by atoms with Crippen LogP contribution < -0.4 is 5.32 Å². The van der Waals surface area contributed by atoms with Gasteiger partial charge in [0, 0.05) is 25.3 Å². The molecule has 3 rings (SSSR count). The van der Waals surface area contributed by atoms with Crippen LogP contribution in [0.4, 0.5) is 10.2 Å². The first-order valence-corrected chi connectivity index (χ1v) is 8.95. The molecule has 1 fully saturated rings. The van der Waals surface area contributed by atoms with Gasteiger partial charge < -0.3 is 15.0 Å². The maximum Gasteiger partial charge on any atom is 0.255 e. The smallest absolute Gasteiger partial charge is 0.255 e. The molecule has 26 heavy (non-hydrogen) atoms. The van der Waals surface area contributed by atoms with E-state index in [1.165, 1.54) is 12.3 Å². The van der Waals surface area contributed by atoms with E-state index in [1.54, 1.807) is 23.1 Å². The number of ether oxygens (including phenoxy) is 1. The third-order valence-corrected chi connectivity index (χ3v) is 4.54. The van der Waals surface area contributed by atoms with Gasteiger partial charge in [-0.25, -0.2) is 9.37 Å². The van der Waals surface area contributed by atoms with Crippen LogP contribution in [-0.4, -0.2) is 48.1 Å². The molecule has 0 aliphatic carbocycles. The monoisotopic (exact) mass is 377 g/mol. The summed E-state index contributed by atoms with van der Waals surface area (Å²) < 4.78 is 19.0. The summed E-state index contributed by atoms with van der Waals surface area (Å²) in [5.41, 5.74) is 1.08. The number of anilines is 1. The van der Waals surface area contributed by atoms with E-state index in [0.29, 0.717) is 54.7 Å². The largest absolute Gasteiger partial charge is 0.378 e. The second kappa shape index (κ2) is 8.47. The zero-order valence-corrected chi connectivity index (χ0v) is 15.3. The van der Waals surface area contributed by atoms with Crippen molar-refractivity contribution in [1.29, 1.82) is 0 Å². The van der Waals surface area contributed by atoms with Gasteiger partial charge in [-0.1, -0.05) is 29.8 Å². The van der Waals surface area contributed by atoms with E-state index in [-0.39, 0.29) is 17.8 Å². The number of rotatable bonds is 5. The van der Waals surface area contributed by atoms with Gasteiger partial charge in [0.25, 0.3) is 5.91 Å². The van der Waals surface area contributed by atoms with Crippen molar-refractivity contribution in [3.8, 4) is 0 Å². The molecule has 1 amide bonds. The Hall–Kier alpha value is -2.18. The van der Waals surface area contributed by atoms with Gasteiger partial charge in [0.2, 0.25) is 0 Å². The lowest BCUT2D eigenvalue weighted by molar-refractivity contribution is 0.0302. The molecule has 1 aliphatic heterocycles. The summed E-state index contributed by atoms with van der Waals surface area (Å²) in [7, 11) is 0. The van der Waals surface area contributed by atoms with Crippen LogP contribution in [-0.2, 0) is 11.2 Å². The SMILES string of the molecule is CC(Cc1ccccc1F)Nc1ncc(C(=O)N2CCOCC2)cc1Cl. The standard InChI is InChI=1S/C19H21ClFN3O2/c1-13(10-14-4-2-3-5-17(14)21)23-18-16(20)11-15(12-22-18)19(25)24-6-8-26-9-7-24/h2-5,11-13H,6-10H2,1H3,(H,22,23). The van der Waals surface area contributed by atoms with E-state index in [1.807, 2.05) is 13.0 Å². The number of hydrogen-bond acceptors (Lipinski definition) is 4. The molecule has 1 aromatic heterocycles. The molecule has 1 unspecified atom stereocenters. The molecule has 138 valence electrons. The van der Waals surface area contributed by atoms with Crippen LogP contribution in [0.15, 0.2) is 36.5 Å². The highest BCUT2D eigenvalue weighted by molar-refractivity contribution is 6.33. The van der Waals surface area contributed by atoms with Crippen LogP contribution in [0.5, 0.6) is 0 Å². The highest BCUT2D eigenvalue weighted by Gasteiger charge is 2.20. The predicted octanol–water partition coefficient (Wildman–Crippen LogP) is 3.39. The fourth-order valence-electron chi connectivity index (χ4n) is 2.89. The summed E-state index contributed by atoms with van der Waals surface area (Å²) >= 11 is 6.30.